The predicted molar refractivity (Wildman–Crippen MR) is 132 cm³/mol. The summed E-state index contributed by atoms with van der Waals surface area (Å²) in [6.07, 6.45) is 5.20. The van der Waals surface area contributed by atoms with Gasteiger partial charge in [0, 0.05) is 19.4 Å². The second-order valence-electron chi connectivity index (χ2n) is 10.2. The van der Waals surface area contributed by atoms with Gasteiger partial charge in [-0.15, -0.1) is 0 Å². The standard InChI is InChI=1S/C27H38N4O4/c1-4-17(2)25(33)29-22-13-8-16-30(18(3)32)24-15-14-23(31(24)27(22)35)26(34)28-21-12-7-10-19-9-5-6-11-20(19)21/h5-6,9,11,17,21-24H,4,7-8,10,12-16H2,1-3H3,(H,28,34)(H,29,33)/t17-,21?,22+,23?,24?/m1/s1. The molecule has 2 fully saturated rings. The van der Waals surface area contributed by atoms with Gasteiger partial charge in [0.05, 0.1) is 6.04 Å². The van der Waals surface area contributed by atoms with Crippen LogP contribution in [0, 0.1) is 5.92 Å². The molecule has 3 unspecified atom stereocenters. The van der Waals surface area contributed by atoms with E-state index in [1.54, 1.807) is 9.80 Å². The Balaban J connectivity index is 1.57. The lowest BCUT2D eigenvalue weighted by molar-refractivity contribution is -0.153. The van der Waals surface area contributed by atoms with Crippen molar-refractivity contribution >= 4 is 23.6 Å². The Morgan fingerprint density at radius 2 is 1.77 bits per heavy atom. The van der Waals surface area contributed by atoms with Gasteiger partial charge in [0.15, 0.2) is 0 Å². The molecule has 2 N–H and O–H groups in total. The Hall–Kier alpha value is -2.90. The van der Waals surface area contributed by atoms with Gasteiger partial charge in [0.1, 0.15) is 18.2 Å². The minimum Gasteiger partial charge on any atom is -0.347 e. The summed E-state index contributed by atoms with van der Waals surface area (Å²) < 4.78 is 0. The van der Waals surface area contributed by atoms with Crippen LogP contribution in [0.5, 0.6) is 0 Å². The van der Waals surface area contributed by atoms with E-state index in [0.29, 0.717) is 38.6 Å². The van der Waals surface area contributed by atoms with E-state index in [1.165, 1.54) is 12.5 Å². The first-order valence-corrected chi connectivity index (χ1v) is 13.1. The van der Waals surface area contributed by atoms with Gasteiger partial charge in [0.25, 0.3) is 0 Å². The van der Waals surface area contributed by atoms with E-state index in [1.807, 2.05) is 26.0 Å². The van der Waals surface area contributed by atoms with E-state index in [-0.39, 0.29) is 35.6 Å². The highest BCUT2D eigenvalue weighted by atomic mass is 16.2. The van der Waals surface area contributed by atoms with Gasteiger partial charge in [-0.3, -0.25) is 19.2 Å². The van der Waals surface area contributed by atoms with Gasteiger partial charge in [-0.05, 0) is 62.5 Å². The highest BCUT2D eigenvalue weighted by Gasteiger charge is 2.47. The molecule has 35 heavy (non-hydrogen) atoms. The largest absolute Gasteiger partial charge is 0.347 e. The molecule has 0 bridgehead atoms. The molecule has 5 atom stereocenters. The molecule has 0 radical (unpaired) electrons. The van der Waals surface area contributed by atoms with Gasteiger partial charge in [-0.1, -0.05) is 38.1 Å². The maximum absolute atomic E-state index is 13.8. The number of amides is 4. The normalized spacial score (nSPS) is 27.2. The lowest BCUT2D eigenvalue weighted by atomic mass is 9.87. The number of carbonyl (C=O) groups is 4. The number of nitrogens with zero attached hydrogens (tertiary/aromatic N) is 2. The van der Waals surface area contributed by atoms with E-state index in [0.717, 1.165) is 24.8 Å². The van der Waals surface area contributed by atoms with Crippen LogP contribution in [0.25, 0.3) is 0 Å². The number of carbonyl (C=O) groups excluding carboxylic acids is 4. The predicted octanol–water partition coefficient (Wildman–Crippen LogP) is 2.67. The Morgan fingerprint density at radius 3 is 2.51 bits per heavy atom. The zero-order valence-electron chi connectivity index (χ0n) is 21.1. The second kappa shape index (κ2) is 10.8. The molecular formula is C27H38N4O4. The van der Waals surface area contributed by atoms with Crippen LogP contribution in [0.2, 0.25) is 0 Å². The molecule has 4 amide bonds. The van der Waals surface area contributed by atoms with Crippen LogP contribution in [0.4, 0.5) is 0 Å². The van der Waals surface area contributed by atoms with Crippen molar-refractivity contribution < 1.29 is 19.2 Å². The molecule has 8 nitrogen and oxygen atoms in total. The summed E-state index contributed by atoms with van der Waals surface area (Å²) >= 11 is 0. The fraction of sp³-hybridized carbons (Fsp3) is 0.630. The molecule has 3 aliphatic rings. The molecule has 0 saturated carbocycles. The zero-order chi connectivity index (χ0) is 25.1. The SMILES string of the molecule is CC[C@@H](C)C(=O)N[C@H]1CCCN(C(C)=O)C2CCC(C(=O)NC3CCCc4ccccc43)N2C1=O. The molecule has 4 rings (SSSR count). The van der Waals surface area contributed by atoms with Crippen LogP contribution in [0.3, 0.4) is 0 Å². The Bertz CT molecular complexity index is 980. The highest BCUT2D eigenvalue weighted by molar-refractivity contribution is 5.93. The van der Waals surface area contributed by atoms with Crippen molar-refractivity contribution in [1.29, 1.82) is 0 Å². The molecule has 2 saturated heterocycles. The molecule has 0 spiro atoms. The van der Waals surface area contributed by atoms with E-state index in [9.17, 15) is 19.2 Å². The van der Waals surface area contributed by atoms with E-state index in [2.05, 4.69) is 22.8 Å². The lowest BCUT2D eigenvalue weighted by Crippen LogP contribution is -2.61. The summed E-state index contributed by atoms with van der Waals surface area (Å²) in [6, 6.07) is 6.76. The highest BCUT2D eigenvalue weighted by Crippen LogP contribution is 2.33. The van der Waals surface area contributed by atoms with Gasteiger partial charge in [0.2, 0.25) is 23.6 Å². The van der Waals surface area contributed by atoms with Crippen molar-refractivity contribution in [3.8, 4) is 0 Å². The number of benzene rings is 1. The number of fused-ring (bicyclic) bond motifs is 2. The molecule has 0 aromatic heterocycles. The molecule has 1 aliphatic carbocycles. The number of aryl methyl sites for hydroxylation is 1. The molecule has 1 aromatic rings. The van der Waals surface area contributed by atoms with Crippen molar-refractivity contribution in [3.63, 3.8) is 0 Å². The van der Waals surface area contributed by atoms with E-state index in [4.69, 9.17) is 0 Å². The summed E-state index contributed by atoms with van der Waals surface area (Å²) in [5.74, 6) is -0.887. The fourth-order valence-electron chi connectivity index (χ4n) is 5.75. The third-order valence-electron chi connectivity index (χ3n) is 7.93. The monoisotopic (exact) mass is 482 g/mol. The number of hydrogen-bond donors (Lipinski definition) is 2. The van der Waals surface area contributed by atoms with Crippen LogP contribution < -0.4 is 10.6 Å². The first-order valence-electron chi connectivity index (χ1n) is 13.1. The average molecular weight is 483 g/mol. The third-order valence-corrected chi connectivity index (χ3v) is 7.93. The maximum Gasteiger partial charge on any atom is 0.247 e. The molecule has 2 heterocycles. The maximum atomic E-state index is 13.8. The smallest absolute Gasteiger partial charge is 0.247 e. The fourth-order valence-corrected chi connectivity index (χ4v) is 5.75. The zero-order valence-corrected chi connectivity index (χ0v) is 21.1. The summed E-state index contributed by atoms with van der Waals surface area (Å²) in [7, 11) is 0. The molecule has 2 aliphatic heterocycles. The first-order chi connectivity index (χ1) is 16.8. The first kappa shape index (κ1) is 25.2. The van der Waals surface area contributed by atoms with Crippen molar-refractivity contribution in [2.75, 3.05) is 6.54 Å². The van der Waals surface area contributed by atoms with Crippen molar-refractivity contribution in [2.45, 2.75) is 96.4 Å². The van der Waals surface area contributed by atoms with Crippen LogP contribution in [0.1, 0.15) is 82.9 Å². The minimum atomic E-state index is -0.683. The van der Waals surface area contributed by atoms with E-state index < -0.39 is 18.2 Å². The number of rotatable bonds is 5. The average Bonchev–Trinajstić information content (AvgIpc) is 3.28. The Kier molecular flexibility index (Phi) is 7.77. The quantitative estimate of drug-likeness (QED) is 0.674. The second-order valence-corrected chi connectivity index (χ2v) is 10.2. The minimum absolute atomic E-state index is 0.0822. The molecule has 190 valence electrons. The topological polar surface area (TPSA) is 98.8 Å². The van der Waals surface area contributed by atoms with E-state index >= 15 is 0 Å². The van der Waals surface area contributed by atoms with Gasteiger partial charge < -0.3 is 20.4 Å². The van der Waals surface area contributed by atoms with Gasteiger partial charge in [-0.2, -0.15) is 0 Å². The van der Waals surface area contributed by atoms with Gasteiger partial charge >= 0.3 is 0 Å². The molecule has 8 heteroatoms. The van der Waals surface area contributed by atoms with Crippen LogP contribution in [0.15, 0.2) is 24.3 Å². The lowest BCUT2D eigenvalue weighted by Gasteiger charge is -2.41. The van der Waals surface area contributed by atoms with Gasteiger partial charge in [-0.25, -0.2) is 0 Å². The van der Waals surface area contributed by atoms with Crippen LogP contribution in [-0.2, 0) is 25.6 Å². The van der Waals surface area contributed by atoms with Crippen molar-refractivity contribution in [3.05, 3.63) is 35.4 Å². The number of nitrogens with one attached hydrogen (secondary N) is 2. The Morgan fingerprint density at radius 1 is 1.03 bits per heavy atom. The summed E-state index contributed by atoms with van der Waals surface area (Å²) in [5, 5.41) is 6.14. The van der Waals surface area contributed by atoms with Crippen LogP contribution in [-0.4, -0.2) is 58.2 Å². The van der Waals surface area contributed by atoms with Crippen molar-refractivity contribution in [1.82, 2.24) is 20.4 Å². The third kappa shape index (κ3) is 5.21. The number of hydrogen-bond acceptors (Lipinski definition) is 4. The Labute approximate surface area is 207 Å². The van der Waals surface area contributed by atoms with Crippen LogP contribution >= 0.6 is 0 Å². The van der Waals surface area contributed by atoms with Crippen molar-refractivity contribution in [2.24, 2.45) is 5.92 Å². The molecule has 1 aromatic carbocycles. The summed E-state index contributed by atoms with van der Waals surface area (Å²) in [5.41, 5.74) is 2.40. The summed E-state index contributed by atoms with van der Waals surface area (Å²) in [4.78, 5) is 55.8. The molecular weight excluding hydrogens is 444 g/mol. The summed E-state index contributed by atoms with van der Waals surface area (Å²) in [6.45, 7) is 5.80.